The van der Waals surface area contributed by atoms with Crippen molar-refractivity contribution in [1.29, 1.82) is 0 Å². The number of anilines is 1. The summed E-state index contributed by atoms with van der Waals surface area (Å²) in [6.07, 6.45) is 0.226. The van der Waals surface area contributed by atoms with Gasteiger partial charge in [0.05, 0.1) is 25.5 Å². The smallest absolute Gasteiger partial charge is 0.412 e. The Hall–Kier alpha value is -2.67. The lowest BCUT2D eigenvalue weighted by molar-refractivity contribution is 0.0601. The largest absolute Gasteiger partial charge is 0.497 e. The van der Waals surface area contributed by atoms with Gasteiger partial charge in [0.15, 0.2) is 0 Å². The number of hydrogen-bond acceptors (Lipinski definition) is 6. The third-order valence-electron chi connectivity index (χ3n) is 4.19. The molecule has 0 saturated heterocycles. The van der Waals surface area contributed by atoms with Crippen LogP contribution in [0.2, 0.25) is 0 Å². The van der Waals surface area contributed by atoms with Gasteiger partial charge in [0, 0.05) is 10.1 Å². The van der Waals surface area contributed by atoms with E-state index in [1.54, 1.807) is 51.8 Å². The van der Waals surface area contributed by atoms with Crippen molar-refractivity contribution in [2.45, 2.75) is 49.9 Å². The third-order valence-corrected chi connectivity index (χ3v) is 5.67. The van der Waals surface area contributed by atoms with Gasteiger partial charge in [0.25, 0.3) is 0 Å². The number of thioether (sulfide) groups is 1. The highest BCUT2D eigenvalue weighted by molar-refractivity contribution is 7.99. The first-order valence-electron chi connectivity index (χ1n) is 9.70. The summed E-state index contributed by atoms with van der Waals surface area (Å²) < 4.78 is 15.5. The van der Waals surface area contributed by atoms with E-state index in [9.17, 15) is 9.59 Å². The molecule has 1 amide bonds. The summed E-state index contributed by atoms with van der Waals surface area (Å²) in [5.74, 6) is 0.263. The molecule has 1 atom stereocenters. The molecule has 0 unspecified atom stereocenters. The van der Waals surface area contributed by atoms with E-state index in [-0.39, 0.29) is 10.8 Å². The number of carbonyl (C=O) groups excluding carboxylic acids is 2. The number of hydrogen-bond donors (Lipinski definition) is 1. The standard InChI is InChI=1S/C23H29NO5S/c1-7-18(15-11-13-16(27-5)14-12-15)30-19-10-8-9-17(21(25)28-6)20(19)24-22(26)29-23(2,3)4/h8-14,18H,7H2,1-6H3,(H,24,26)/t18-/m1/s1. The molecule has 30 heavy (non-hydrogen) atoms. The molecular weight excluding hydrogens is 402 g/mol. The molecule has 0 saturated carbocycles. The minimum absolute atomic E-state index is 0.114. The molecule has 0 aliphatic rings. The maximum Gasteiger partial charge on any atom is 0.412 e. The van der Waals surface area contributed by atoms with Crippen molar-refractivity contribution in [1.82, 2.24) is 0 Å². The second-order valence-corrected chi connectivity index (χ2v) is 8.83. The lowest BCUT2D eigenvalue weighted by Gasteiger charge is -2.22. The number of methoxy groups -OCH3 is 2. The van der Waals surface area contributed by atoms with Crippen LogP contribution in [0, 0.1) is 0 Å². The maximum absolute atomic E-state index is 12.4. The molecule has 6 nitrogen and oxygen atoms in total. The van der Waals surface area contributed by atoms with Crippen LogP contribution in [0.5, 0.6) is 5.75 Å². The van der Waals surface area contributed by atoms with E-state index in [0.717, 1.165) is 22.6 Å². The van der Waals surface area contributed by atoms with Crippen LogP contribution < -0.4 is 10.1 Å². The normalized spacial score (nSPS) is 12.1. The van der Waals surface area contributed by atoms with E-state index in [1.807, 2.05) is 30.3 Å². The molecule has 0 aromatic heterocycles. The van der Waals surface area contributed by atoms with Crippen LogP contribution >= 0.6 is 11.8 Å². The van der Waals surface area contributed by atoms with E-state index in [2.05, 4.69) is 12.2 Å². The predicted octanol–water partition coefficient (Wildman–Crippen LogP) is 6.07. The van der Waals surface area contributed by atoms with Gasteiger partial charge in [-0.25, -0.2) is 9.59 Å². The van der Waals surface area contributed by atoms with Crippen LogP contribution in [0.25, 0.3) is 0 Å². The first-order valence-corrected chi connectivity index (χ1v) is 10.6. The summed E-state index contributed by atoms with van der Waals surface area (Å²) in [6, 6.07) is 13.1. The van der Waals surface area contributed by atoms with Gasteiger partial charge in [-0.15, -0.1) is 11.8 Å². The van der Waals surface area contributed by atoms with E-state index < -0.39 is 17.7 Å². The van der Waals surface area contributed by atoms with Crippen LogP contribution in [0.3, 0.4) is 0 Å². The fraction of sp³-hybridized carbons (Fsp3) is 0.391. The summed E-state index contributed by atoms with van der Waals surface area (Å²) in [7, 11) is 2.94. The second-order valence-electron chi connectivity index (χ2n) is 7.59. The SMILES string of the molecule is CC[C@@H](Sc1cccc(C(=O)OC)c1NC(=O)OC(C)(C)C)c1ccc(OC)cc1. The summed E-state index contributed by atoms with van der Waals surface area (Å²) >= 11 is 1.57. The van der Waals surface area contributed by atoms with Crippen LogP contribution in [-0.2, 0) is 9.47 Å². The Balaban J connectivity index is 2.39. The molecule has 7 heteroatoms. The van der Waals surface area contributed by atoms with E-state index in [0.29, 0.717) is 5.69 Å². The van der Waals surface area contributed by atoms with Gasteiger partial charge in [-0.2, -0.15) is 0 Å². The first-order chi connectivity index (χ1) is 14.2. The Labute approximate surface area is 182 Å². The molecule has 0 radical (unpaired) electrons. The third kappa shape index (κ3) is 6.42. The first kappa shape index (κ1) is 23.6. The van der Waals surface area contributed by atoms with E-state index in [1.165, 1.54) is 7.11 Å². The number of esters is 1. The molecule has 162 valence electrons. The molecule has 0 aliphatic heterocycles. The summed E-state index contributed by atoms with van der Waals surface area (Å²) in [5, 5.41) is 2.86. The fourth-order valence-corrected chi connectivity index (χ4v) is 4.01. The highest BCUT2D eigenvalue weighted by atomic mass is 32.2. The number of para-hydroxylation sites is 1. The highest BCUT2D eigenvalue weighted by Crippen LogP contribution is 2.42. The summed E-state index contributed by atoms with van der Waals surface area (Å²) in [6.45, 7) is 7.44. The van der Waals surface area contributed by atoms with Crippen LogP contribution in [0.4, 0.5) is 10.5 Å². The zero-order valence-electron chi connectivity index (χ0n) is 18.3. The van der Waals surface area contributed by atoms with Gasteiger partial charge in [-0.1, -0.05) is 25.1 Å². The predicted molar refractivity (Wildman–Crippen MR) is 120 cm³/mol. The molecule has 2 rings (SSSR count). The molecule has 0 fully saturated rings. The maximum atomic E-state index is 12.4. The molecule has 0 spiro atoms. The minimum atomic E-state index is -0.660. The van der Waals surface area contributed by atoms with Crippen LogP contribution in [0.1, 0.15) is 55.3 Å². The molecule has 2 aromatic rings. The van der Waals surface area contributed by atoms with Gasteiger partial charge >= 0.3 is 12.1 Å². The molecule has 0 heterocycles. The van der Waals surface area contributed by atoms with Crippen LogP contribution in [0.15, 0.2) is 47.4 Å². The van der Waals surface area contributed by atoms with Crippen molar-refractivity contribution < 1.29 is 23.8 Å². The Morgan fingerprint density at radius 2 is 1.73 bits per heavy atom. The lowest BCUT2D eigenvalue weighted by atomic mass is 10.1. The van der Waals surface area contributed by atoms with Gasteiger partial charge < -0.3 is 14.2 Å². The molecule has 2 aromatic carbocycles. The van der Waals surface area contributed by atoms with Crippen molar-refractivity contribution in [2.24, 2.45) is 0 Å². The summed E-state index contributed by atoms with van der Waals surface area (Å²) in [4.78, 5) is 25.5. The van der Waals surface area contributed by atoms with Gasteiger partial charge in [-0.3, -0.25) is 5.32 Å². The Morgan fingerprint density at radius 3 is 2.27 bits per heavy atom. The average molecular weight is 432 g/mol. The fourth-order valence-electron chi connectivity index (χ4n) is 2.80. The molecule has 1 N–H and O–H groups in total. The molecule has 0 aliphatic carbocycles. The Kier molecular flexibility index (Phi) is 8.17. The number of benzene rings is 2. The van der Waals surface area contributed by atoms with Gasteiger partial charge in [0.1, 0.15) is 11.4 Å². The van der Waals surface area contributed by atoms with Crippen molar-refractivity contribution in [3.05, 3.63) is 53.6 Å². The van der Waals surface area contributed by atoms with E-state index in [4.69, 9.17) is 14.2 Å². The van der Waals surface area contributed by atoms with Crippen molar-refractivity contribution >= 4 is 29.5 Å². The van der Waals surface area contributed by atoms with Crippen molar-refractivity contribution in [3.8, 4) is 5.75 Å². The van der Waals surface area contributed by atoms with Crippen molar-refractivity contribution in [3.63, 3.8) is 0 Å². The Bertz CT molecular complexity index is 874. The highest BCUT2D eigenvalue weighted by Gasteiger charge is 2.23. The number of amides is 1. The second kappa shape index (κ2) is 10.4. The van der Waals surface area contributed by atoms with Crippen molar-refractivity contribution in [2.75, 3.05) is 19.5 Å². The van der Waals surface area contributed by atoms with Gasteiger partial charge in [0.2, 0.25) is 0 Å². The lowest BCUT2D eigenvalue weighted by Crippen LogP contribution is -2.28. The minimum Gasteiger partial charge on any atom is -0.497 e. The number of ether oxygens (including phenoxy) is 3. The van der Waals surface area contributed by atoms with Gasteiger partial charge in [-0.05, 0) is 57.0 Å². The van der Waals surface area contributed by atoms with Crippen LogP contribution in [-0.4, -0.2) is 31.9 Å². The summed E-state index contributed by atoms with van der Waals surface area (Å²) in [5.41, 5.74) is 1.12. The quantitative estimate of drug-likeness (QED) is 0.423. The molecule has 0 bridgehead atoms. The van der Waals surface area contributed by atoms with E-state index >= 15 is 0 Å². The monoisotopic (exact) mass is 431 g/mol. The topological polar surface area (TPSA) is 73.9 Å². The number of nitrogens with one attached hydrogen (secondary N) is 1. The zero-order chi connectivity index (χ0) is 22.3. The number of carbonyl (C=O) groups is 2. The zero-order valence-corrected chi connectivity index (χ0v) is 19.1. The average Bonchev–Trinajstić information content (AvgIpc) is 2.71. The number of rotatable bonds is 7. The Morgan fingerprint density at radius 1 is 1.07 bits per heavy atom. The molecular formula is C23H29NO5S.